The van der Waals surface area contributed by atoms with Crippen LogP contribution in [0, 0.1) is 0 Å². The molecule has 0 spiro atoms. The van der Waals surface area contributed by atoms with E-state index in [0.717, 1.165) is 12.1 Å². The molecule has 18 heavy (non-hydrogen) atoms. The second-order valence-corrected chi connectivity index (χ2v) is 3.53. The zero-order valence-corrected chi connectivity index (χ0v) is 9.07. The number of alkyl halides is 3. The van der Waals surface area contributed by atoms with E-state index in [-0.39, 0.29) is 18.2 Å². The minimum Gasteiger partial charge on any atom is -0.489 e. The summed E-state index contributed by atoms with van der Waals surface area (Å²) in [5, 5.41) is 3.43. The molecule has 4 nitrogen and oxygen atoms in total. The van der Waals surface area contributed by atoms with Gasteiger partial charge in [-0.05, 0) is 18.2 Å². The number of nitrogens with two attached hydrogens (primary N) is 1. The van der Waals surface area contributed by atoms with Crippen molar-refractivity contribution in [2.45, 2.75) is 12.8 Å². The standard InChI is InChI=1S/C11H9F3N2O2/c12-11(13,14)8-2-1-3-9(4-8)17-6-7-5-16-18-10(7)15/h1-5H,6,15H2. The fourth-order valence-electron chi connectivity index (χ4n) is 1.30. The van der Waals surface area contributed by atoms with Crippen molar-refractivity contribution < 1.29 is 22.4 Å². The van der Waals surface area contributed by atoms with Crippen molar-refractivity contribution in [1.29, 1.82) is 0 Å². The van der Waals surface area contributed by atoms with Crippen molar-refractivity contribution in [3.8, 4) is 5.75 Å². The molecule has 2 aromatic rings. The van der Waals surface area contributed by atoms with E-state index >= 15 is 0 Å². The first kappa shape index (κ1) is 12.3. The van der Waals surface area contributed by atoms with E-state index in [1.807, 2.05) is 0 Å². The van der Waals surface area contributed by atoms with E-state index < -0.39 is 11.7 Å². The largest absolute Gasteiger partial charge is 0.489 e. The molecule has 0 atom stereocenters. The Bertz CT molecular complexity index is 537. The number of hydrogen-bond acceptors (Lipinski definition) is 4. The Morgan fingerprint density at radius 3 is 2.72 bits per heavy atom. The topological polar surface area (TPSA) is 61.3 Å². The van der Waals surface area contributed by atoms with Gasteiger partial charge in [-0.2, -0.15) is 13.2 Å². The molecule has 1 aromatic heterocycles. The van der Waals surface area contributed by atoms with E-state index in [4.69, 9.17) is 10.5 Å². The summed E-state index contributed by atoms with van der Waals surface area (Å²) in [7, 11) is 0. The van der Waals surface area contributed by atoms with Crippen molar-refractivity contribution in [3.63, 3.8) is 0 Å². The van der Waals surface area contributed by atoms with E-state index in [0.29, 0.717) is 5.56 Å². The third-order valence-corrected chi connectivity index (χ3v) is 2.23. The van der Waals surface area contributed by atoms with Gasteiger partial charge in [-0.3, -0.25) is 0 Å². The van der Waals surface area contributed by atoms with Crippen LogP contribution in [0.3, 0.4) is 0 Å². The highest BCUT2D eigenvalue weighted by molar-refractivity contribution is 5.34. The number of aromatic nitrogens is 1. The highest BCUT2D eigenvalue weighted by atomic mass is 19.4. The van der Waals surface area contributed by atoms with Gasteiger partial charge in [0, 0.05) is 0 Å². The zero-order chi connectivity index (χ0) is 13.2. The van der Waals surface area contributed by atoms with Gasteiger partial charge in [0.15, 0.2) is 0 Å². The summed E-state index contributed by atoms with van der Waals surface area (Å²) in [6, 6.07) is 4.60. The Kier molecular flexibility index (Phi) is 3.14. The molecule has 0 saturated carbocycles. The second kappa shape index (κ2) is 4.59. The molecular weight excluding hydrogens is 249 g/mol. The third-order valence-electron chi connectivity index (χ3n) is 2.23. The van der Waals surface area contributed by atoms with Crippen LogP contribution in [-0.4, -0.2) is 5.16 Å². The first-order valence-electron chi connectivity index (χ1n) is 4.96. The van der Waals surface area contributed by atoms with Crippen LogP contribution in [0.1, 0.15) is 11.1 Å². The molecule has 0 aliphatic carbocycles. The summed E-state index contributed by atoms with van der Waals surface area (Å²) in [4.78, 5) is 0. The van der Waals surface area contributed by atoms with Crippen molar-refractivity contribution in [2.75, 3.05) is 5.73 Å². The molecule has 96 valence electrons. The predicted molar refractivity (Wildman–Crippen MR) is 56.7 cm³/mol. The summed E-state index contributed by atoms with van der Waals surface area (Å²) in [6.45, 7) is -0.00333. The monoisotopic (exact) mass is 258 g/mol. The maximum Gasteiger partial charge on any atom is 0.416 e. The molecule has 2 rings (SSSR count). The average Bonchev–Trinajstić information content (AvgIpc) is 2.72. The van der Waals surface area contributed by atoms with Crippen molar-refractivity contribution in [1.82, 2.24) is 5.16 Å². The Labute approximate surface area is 100 Å². The van der Waals surface area contributed by atoms with Crippen LogP contribution in [-0.2, 0) is 12.8 Å². The van der Waals surface area contributed by atoms with Gasteiger partial charge in [0.2, 0.25) is 5.88 Å². The van der Waals surface area contributed by atoms with Crippen LogP contribution in [0.2, 0.25) is 0 Å². The lowest BCUT2D eigenvalue weighted by molar-refractivity contribution is -0.137. The van der Waals surface area contributed by atoms with Gasteiger partial charge >= 0.3 is 6.18 Å². The van der Waals surface area contributed by atoms with Gasteiger partial charge in [0.05, 0.1) is 17.3 Å². The number of rotatable bonds is 3. The molecular formula is C11H9F3N2O2. The average molecular weight is 258 g/mol. The first-order valence-corrected chi connectivity index (χ1v) is 4.96. The van der Waals surface area contributed by atoms with Crippen LogP contribution < -0.4 is 10.5 Å². The van der Waals surface area contributed by atoms with Gasteiger partial charge in [-0.15, -0.1) is 0 Å². The quantitative estimate of drug-likeness (QED) is 0.919. The number of nitrogens with zero attached hydrogens (tertiary/aromatic N) is 1. The Morgan fingerprint density at radius 2 is 2.11 bits per heavy atom. The highest BCUT2D eigenvalue weighted by Crippen LogP contribution is 2.31. The number of ether oxygens (including phenoxy) is 1. The van der Waals surface area contributed by atoms with Crippen molar-refractivity contribution in [3.05, 3.63) is 41.6 Å². The molecule has 0 bridgehead atoms. The third kappa shape index (κ3) is 2.73. The molecule has 0 aliphatic heterocycles. The fourth-order valence-corrected chi connectivity index (χ4v) is 1.30. The minimum atomic E-state index is -4.39. The fraction of sp³-hybridized carbons (Fsp3) is 0.182. The maximum atomic E-state index is 12.4. The number of halogens is 3. The van der Waals surface area contributed by atoms with Gasteiger partial charge in [0.1, 0.15) is 12.4 Å². The number of anilines is 1. The van der Waals surface area contributed by atoms with Crippen LogP contribution in [0.5, 0.6) is 5.75 Å². The number of benzene rings is 1. The smallest absolute Gasteiger partial charge is 0.416 e. The van der Waals surface area contributed by atoms with Crippen molar-refractivity contribution in [2.24, 2.45) is 0 Å². The predicted octanol–water partition coefficient (Wildman–Crippen LogP) is 2.85. The lowest BCUT2D eigenvalue weighted by Gasteiger charge is -2.09. The molecule has 0 aliphatic rings. The molecule has 0 amide bonds. The van der Waals surface area contributed by atoms with E-state index in [9.17, 15) is 13.2 Å². The second-order valence-electron chi connectivity index (χ2n) is 3.53. The maximum absolute atomic E-state index is 12.4. The van der Waals surface area contributed by atoms with E-state index in [2.05, 4.69) is 9.68 Å². The summed E-state index contributed by atoms with van der Waals surface area (Å²) in [5.41, 5.74) is 5.13. The first-order chi connectivity index (χ1) is 8.47. The van der Waals surface area contributed by atoms with Crippen LogP contribution in [0.4, 0.5) is 19.1 Å². The Morgan fingerprint density at radius 1 is 1.33 bits per heavy atom. The SMILES string of the molecule is Nc1oncc1COc1cccc(C(F)(F)F)c1. The highest BCUT2D eigenvalue weighted by Gasteiger charge is 2.30. The van der Waals surface area contributed by atoms with Crippen molar-refractivity contribution >= 4 is 5.88 Å². The van der Waals surface area contributed by atoms with Gasteiger partial charge in [-0.1, -0.05) is 11.2 Å². The Balaban J connectivity index is 2.09. The molecule has 0 radical (unpaired) electrons. The summed E-state index contributed by atoms with van der Waals surface area (Å²) in [5.74, 6) is 0.187. The summed E-state index contributed by atoms with van der Waals surface area (Å²) < 4.78 is 47.1. The molecule has 0 fully saturated rings. The van der Waals surface area contributed by atoms with Gasteiger partial charge < -0.3 is 15.0 Å². The lowest BCUT2D eigenvalue weighted by Crippen LogP contribution is -2.05. The van der Waals surface area contributed by atoms with Crippen LogP contribution in [0.25, 0.3) is 0 Å². The molecule has 0 saturated heterocycles. The molecule has 0 unspecified atom stereocenters. The molecule has 7 heteroatoms. The van der Waals surface area contributed by atoms with E-state index in [1.54, 1.807) is 0 Å². The molecule has 1 heterocycles. The number of hydrogen-bond donors (Lipinski definition) is 1. The summed E-state index contributed by atoms with van der Waals surface area (Å²) in [6.07, 6.45) is -3.04. The van der Waals surface area contributed by atoms with E-state index in [1.165, 1.54) is 18.3 Å². The van der Waals surface area contributed by atoms with Gasteiger partial charge in [0.25, 0.3) is 0 Å². The normalized spacial score (nSPS) is 11.5. The van der Waals surface area contributed by atoms with Crippen LogP contribution in [0.15, 0.2) is 35.0 Å². The van der Waals surface area contributed by atoms with Crippen LogP contribution >= 0.6 is 0 Å². The number of nitrogen functional groups attached to an aromatic ring is 1. The summed E-state index contributed by atoms with van der Waals surface area (Å²) >= 11 is 0. The Hall–Kier alpha value is -2.18. The molecule has 2 N–H and O–H groups in total. The zero-order valence-electron chi connectivity index (χ0n) is 9.07. The lowest BCUT2D eigenvalue weighted by atomic mass is 10.2. The minimum absolute atomic E-state index is 0.00333. The van der Waals surface area contributed by atoms with Gasteiger partial charge in [-0.25, -0.2) is 0 Å². The molecule has 1 aromatic carbocycles.